The van der Waals surface area contributed by atoms with Gasteiger partial charge < -0.3 is 19.5 Å². The normalized spacial score (nSPS) is 16.4. The second kappa shape index (κ2) is 10.0. The molecule has 0 aliphatic carbocycles. The van der Waals surface area contributed by atoms with Crippen molar-refractivity contribution < 1.29 is 32.2 Å². The molecule has 0 saturated carbocycles. The summed E-state index contributed by atoms with van der Waals surface area (Å²) in [6.07, 6.45) is 0.893. The number of hydrogen-bond donors (Lipinski definition) is 1. The maximum absolute atomic E-state index is 13.3. The zero-order chi connectivity index (χ0) is 23.3. The average Bonchev–Trinajstić information content (AvgIpc) is 3.30. The number of methoxy groups -OCH3 is 2. The Balaban J connectivity index is 1.86. The summed E-state index contributed by atoms with van der Waals surface area (Å²) >= 11 is 0. The van der Waals surface area contributed by atoms with Crippen molar-refractivity contribution in [2.24, 2.45) is 0 Å². The Labute approximate surface area is 187 Å². The van der Waals surface area contributed by atoms with E-state index in [1.807, 2.05) is 0 Å². The molecule has 1 saturated heterocycles. The fourth-order valence-corrected chi connectivity index (χ4v) is 5.27. The highest BCUT2D eigenvalue weighted by molar-refractivity contribution is 7.89. The Hall–Kier alpha value is -3.11. The number of amides is 1. The van der Waals surface area contributed by atoms with E-state index in [2.05, 4.69) is 5.32 Å². The summed E-state index contributed by atoms with van der Waals surface area (Å²) in [7, 11) is -1.10. The van der Waals surface area contributed by atoms with Crippen molar-refractivity contribution in [2.75, 3.05) is 32.7 Å². The molecule has 3 rings (SSSR count). The van der Waals surface area contributed by atoms with E-state index in [4.69, 9.17) is 14.2 Å². The quantitative estimate of drug-likeness (QED) is 0.601. The van der Waals surface area contributed by atoms with Gasteiger partial charge in [0.05, 0.1) is 37.0 Å². The van der Waals surface area contributed by atoms with Crippen LogP contribution in [0.25, 0.3) is 0 Å². The molecule has 1 aliphatic rings. The van der Waals surface area contributed by atoms with Gasteiger partial charge in [0.2, 0.25) is 15.9 Å². The topological polar surface area (TPSA) is 111 Å². The first-order chi connectivity index (χ1) is 15.3. The van der Waals surface area contributed by atoms with Gasteiger partial charge in [0, 0.05) is 12.6 Å². The largest absolute Gasteiger partial charge is 0.493 e. The van der Waals surface area contributed by atoms with Gasteiger partial charge in [-0.2, -0.15) is 4.31 Å². The van der Waals surface area contributed by atoms with Crippen LogP contribution in [0.5, 0.6) is 11.5 Å². The lowest BCUT2D eigenvalue weighted by molar-refractivity contribution is -0.119. The number of para-hydroxylation sites is 1. The summed E-state index contributed by atoms with van der Waals surface area (Å²) in [6.45, 7) is 2.09. The van der Waals surface area contributed by atoms with Crippen molar-refractivity contribution >= 4 is 27.6 Å². The van der Waals surface area contributed by atoms with Gasteiger partial charge in [-0.3, -0.25) is 4.79 Å². The number of anilines is 1. The maximum atomic E-state index is 13.3. The number of carbonyl (C=O) groups excluding carboxylic acids is 2. The van der Waals surface area contributed by atoms with Crippen LogP contribution in [0.15, 0.2) is 47.4 Å². The Kier molecular flexibility index (Phi) is 7.37. The first-order valence-electron chi connectivity index (χ1n) is 10.1. The molecule has 1 amide bonds. The van der Waals surface area contributed by atoms with Crippen LogP contribution in [0.3, 0.4) is 0 Å². The Morgan fingerprint density at radius 2 is 1.81 bits per heavy atom. The first kappa shape index (κ1) is 23.6. The van der Waals surface area contributed by atoms with E-state index in [1.165, 1.54) is 36.7 Å². The lowest BCUT2D eigenvalue weighted by Gasteiger charge is -2.24. The predicted octanol–water partition coefficient (Wildman–Crippen LogP) is 2.67. The van der Waals surface area contributed by atoms with E-state index >= 15 is 0 Å². The first-order valence-corrected chi connectivity index (χ1v) is 11.6. The summed E-state index contributed by atoms with van der Waals surface area (Å²) in [4.78, 5) is 25.2. The number of sulfonamides is 1. The summed E-state index contributed by atoms with van der Waals surface area (Å²) in [6, 6.07) is 9.83. The van der Waals surface area contributed by atoms with Gasteiger partial charge in [0.25, 0.3) is 0 Å². The van der Waals surface area contributed by atoms with Crippen molar-refractivity contribution in [3.63, 3.8) is 0 Å². The van der Waals surface area contributed by atoms with E-state index in [-0.39, 0.29) is 35.0 Å². The number of nitrogens with one attached hydrogen (secondary N) is 1. The molecule has 172 valence electrons. The highest BCUT2D eigenvalue weighted by Gasteiger charge is 2.40. The van der Waals surface area contributed by atoms with Gasteiger partial charge in [0.1, 0.15) is 6.04 Å². The molecular weight excluding hydrogens is 436 g/mol. The van der Waals surface area contributed by atoms with Gasteiger partial charge in [-0.25, -0.2) is 13.2 Å². The van der Waals surface area contributed by atoms with Gasteiger partial charge in [-0.05, 0) is 44.0 Å². The molecule has 1 unspecified atom stereocenters. The minimum Gasteiger partial charge on any atom is -0.493 e. The number of esters is 1. The molecule has 1 fully saturated rings. The van der Waals surface area contributed by atoms with Crippen molar-refractivity contribution in [3.05, 3.63) is 48.0 Å². The van der Waals surface area contributed by atoms with Crippen molar-refractivity contribution in [1.29, 1.82) is 0 Å². The van der Waals surface area contributed by atoms with Crippen LogP contribution in [0, 0.1) is 0 Å². The maximum Gasteiger partial charge on any atom is 0.340 e. The van der Waals surface area contributed by atoms with E-state index in [9.17, 15) is 18.0 Å². The van der Waals surface area contributed by atoms with Gasteiger partial charge in [-0.15, -0.1) is 0 Å². The minimum absolute atomic E-state index is 0.00164. The molecular formula is C22H26N2O7S. The fraction of sp³-hybridized carbons (Fsp3) is 0.364. The second-order valence-corrected chi connectivity index (χ2v) is 8.94. The van der Waals surface area contributed by atoms with Gasteiger partial charge in [-0.1, -0.05) is 12.1 Å². The lowest BCUT2D eigenvalue weighted by atomic mass is 10.1. The predicted molar refractivity (Wildman–Crippen MR) is 117 cm³/mol. The van der Waals surface area contributed by atoms with Gasteiger partial charge >= 0.3 is 5.97 Å². The zero-order valence-electron chi connectivity index (χ0n) is 18.2. The third-order valence-corrected chi connectivity index (χ3v) is 7.05. The minimum atomic E-state index is -3.97. The molecule has 32 heavy (non-hydrogen) atoms. The molecule has 2 aromatic carbocycles. The highest BCUT2D eigenvalue weighted by Crippen LogP contribution is 2.33. The number of ether oxygens (including phenoxy) is 3. The molecule has 0 spiro atoms. The summed E-state index contributed by atoms with van der Waals surface area (Å²) in [5, 5.41) is 2.70. The van der Waals surface area contributed by atoms with E-state index in [1.54, 1.807) is 31.2 Å². The van der Waals surface area contributed by atoms with Crippen molar-refractivity contribution in [2.45, 2.75) is 30.7 Å². The summed E-state index contributed by atoms with van der Waals surface area (Å²) in [5.41, 5.74) is 0.473. The van der Waals surface area contributed by atoms with Crippen LogP contribution < -0.4 is 14.8 Å². The molecule has 0 bridgehead atoms. The number of nitrogens with zero attached hydrogens (tertiary/aromatic N) is 1. The molecule has 1 N–H and O–H groups in total. The van der Waals surface area contributed by atoms with E-state index in [0.29, 0.717) is 18.6 Å². The third kappa shape index (κ3) is 4.71. The molecule has 0 radical (unpaired) electrons. The summed E-state index contributed by atoms with van der Waals surface area (Å²) < 4.78 is 43.2. The smallest absolute Gasteiger partial charge is 0.340 e. The number of rotatable bonds is 8. The van der Waals surface area contributed by atoms with Crippen LogP contribution >= 0.6 is 0 Å². The average molecular weight is 463 g/mol. The lowest BCUT2D eigenvalue weighted by Crippen LogP contribution is -2.43. The van der Waals surface area contributed by atoms with Crippen LogP contribution in [-0.4, -0.2) is 58.0 Å². The second-order valence-electron chi connectivity index (χ2n) is 7.05. The standard InChI is InChI=1S/C22H26N2O7S/c1-4-31-22(26)16-8-5-6-9-17(16)23-21(25)18-10-7-13-24(18)32(27,28)15-11-12-19(29-2)20(14-15)30-3/h5-6,8-9,11-12,14,18H,4,7,10,13H2,1-3H3,(H,23,25). The SMILES string of the molecule is CCOC(=O)c1ccccc1NC(=O)C1CCCN1S(=O)(=O)c1ccc(OC)c(OC)c1. The monoisotopic (exact) mass is 462 g/mol. The molecule has 1 atom stereocenters. The van der Waals surface area contributed by atoms with Crippen molar-refractivity contribution in [1.82, 2.24) is 4.31 Å². The highest BCUT2D eigenvalue weighted by atomic mass is 32.2. The van der Waals surface area contributed by atoms with Gasteiger partial charge in [0.15, 0.2) is 11.5 Å². The molecule has 10 heteroatoms. The number of carbonyl (C=O) groups is 2. The number of hydrogen-bond acceptors (Lipinski definition) is 7. The van der Waals surface area contributed by atoms with Crippen LogP contribution in [0.2, 0.25) is 0 Å². The zero-order valence-corrected chi connectivity index (χ0v) is 19.0. The van der Waals surface area contributed by atoms with Crippen LogP contribution in [-0.2, 0) is 19.6 Å². The fourth-order valence-electron chi connectivity index (χ4n) is 3.60. The third-order valence-electron chi connectivity index (χ3n) is 5.15. The Morgan fingerprint density at radius 1 is 1.09 bits per heavy atom. The van der Waals surface area contributed by atoms with Crippen LogP contribution in [0.1, 0.15) is 30.1 Å². The van der Waals surface area contributed by atoms with E-state index in [0.717, 1.165) is 0 Å². The van der Waals surface area contributed by atoms with Crippen molar-refractivity contribution in [3.8, 4) is 11.5 Å². The number of benzene rings is 2. The van der Waals surface area contributed by atoms with Crippen LogP contribution in [0.4, 0.5) is 5.69 Å². The molecule has 9 nitrogen and oxygen atoms in total. The molecule has 0 aromatic heterocycles. The Morgan fingerprint density at radius 3 is 2.50 bits per heavy atom. The molecule has 2 aromatic rings. The summed E-state index contributed by atoms with van der Waals surface area (Å²) in [5.74, 6) is -0.400. The molecule has 1 heterocycles. The Bertz CT molecular complexity index is 1100. The van der Waals surface area contributed by atoms with E-state index < -0.39 is 27.9 Å². The molecule has 1 aliphatic heterocycles.